The number of nitrogens with two attached hydrogens (primary N) is 1. The second kappa shape index (κ2) is 13.4. The van der Waals surface area contributed by atoms with Crippen molar-refractivity contribution < 1.29 is 24.1 Å². The monoisotopic (exact) mass is 410 g/mol. The van der Waals surface area contributed by atoms with Crippen LogP contribution in [0, 0.1) is 11.8 Å². The van der Waals surface area contributed by atoms with E-state index in [9.17, 15) is 9.90 Å². The molecule has 29 heavy (non-hydrogen) atoms. The van der Waals surface area contributed by atoms with Gasteiger partial charge in [0, 0.05) is 39.6 Å². The molecular formula is C22H38N2O5. The summed E-state index contributed by atoms with van der Waals surface area (Å²) >= 11 is 0. The third-order valence-electron chi connectivity index (χ3n) is 5.05. The van der Waals surface area contributed by atoms with Crippen LogP contribution in [0.4, 0.5) is 0 Å². The van der Waals surface area contributed by atoms with Gasteiger partial charge in [0.25, 0.3) is 0 Å². The van der Waals surface area contributed by atoms with Crippen LogP contribution in [-0.2, 0) is 16.0 Å². The van der Waals surface area contributed by atoms with Crippen LogP contribution in [0.5, 0.6) is 11.5 Å². The molecule has 0 aliphatic carbocycles. The summed E-state index contributed by atoms with van der Waals surface area (Å²) in [4.78, 5) is 11.0. The molecule has 1 rings (SSSR count). The maximum atomic E-state index is 11.0. The highest BCUT2D eigenvalue weighted by Gasteiger charge is 2.23. The van der Waals surface area contributed by atoms with Crippen LogP contribution in [0.3, 0.4) is 0 Å². The van der Waals surface area contributed by atoms with Gasteiger partial charge in [-0.2, -0.15) is 0 Å². The predicted octanol–water partition coefficient (Wildman–Crippen LogP) is 2.14. The third-order valence-corrected chi connectivity index (χ3v) is 5.05. The minimum absolute atomic E-state index is 0.170. The van der Waals surface area contributed by atoms with E-state index in [0.717, 1.165) is 24.2 Å². The topological polar surface area (TPSA) is 103 Å². The Hall–Kier alpha value is -1.83. The minimum Gasteiger partial charge on any atom is -0.493 e. The Balaban J connectivity index is 2.77. The van der Waals surface area contributed by atoms with Gasteiger partial charge in [-0.05, 0) is 42.4 Å². The van der Waals surface area contributed by atoms with Crippen LogP contribution in [0.1, 0.15) is 39.2 Å². The molecule has 7 heteroatoms. The lowest BCUT2D eigenvalue weighted by Crippen LogP contribution is -2.44. The first-order valence-corrected chi connectivity index (χ1v) is 10.2. The quantitative estimate of drug-likeness (QED) is 0.406. The number of hydrogen-bond acceptors (Lipinski definition) is 6. The summed E-state index contributed by atoms with van der Waals surface area (Å²) in [5.74, 6) is 1.93. The molecule has 0 aliphatic rings. The minimum atomic E-state index is -0.768. The highest BCUT2D eigenvalue weighted by atomic mass is 16.5. The number of methoxy groups -OCH3 is 2. The van der Waals surface area contributed by atoms with Crippen LogP contribution in [0.2, 0.25) is 0 Å². The molecule has 1 aromatic rings. The smallest absolute Gasteiger partial charge is 0.216 e. The highest BCUT2D eigenvalue weighted by Crippen LogP contribution is 2.31. The Morgan fingerprint density at radius 2 is 1.93 bits per heavy atom. The molecule has 4 N–H and O–H groups in total. The number of hydrogen-bond donors (Lipinski definition) is 3. The summed E-state index contributed by atoms with van der Waals surface area (Å²) < 4.78 is 16.3. The molecule has 166 valence electrons. The van der Waals surface area contributed by atoms with E-state index in [0.29, 0.717) is 31.3 Å². The van der Waals surface area contributed by atoms with Crippen molar-refractivity contribution in [3.8, 4) is 11.5 Å². The van der Waals surface area contributed by atoms with Gasteiger partial charge >= 0.3 is 0 Å². The SMILES string of the molecule is COCCCOc1cc(CC(CC(N)C(O)CNC(C)=O)C(C)C)ccc1OC. The van der Waals surface area contributed by atoms with Gasteiger partial charge in [0.1, 0.15) is 0 Å². The molecule has 0 heterocycles. The van der Waals surface area contributed by atoms with Crippen molar-refractivity contribution in [2.45, 2.75) is 52.2 Å². The standard InChI is InChI=1S/C22H38N2O5/c1-15(2)18(13-19(23)20(26)14-24-16(3)25)11-17-7-8-21(28-5)22(12-17)29-10-6-9-27-4/h7-8,12,15,18-20,26H,6,9-11,13-14,23H2,1-5H3,(H,24,25). The van der Waals surface area contributed by atoms with Gasteiger partial charge < -0.3 is 30.4 Å². The first-order valence-electron chi connectivity index (χ1n) is 10.2. The van der Waals surface area contributed by atoms with E-state index in [1.54, 1.807) is 14.2 Å². The molecule has 7 nitrogen and oxygen atoms in total. The lowest BCUT2D eigenvalue weighted by atomic mass is 9.83. The Morgan fingerprint density at radius 3 is 2.52 bits per heavy atom. The van der Waals surface area contributed by atoms with E-state index in [1.165, 1.54) is 6.92 Å². The summed E-state index contributed by atoms with van der Waals surface area (Å²) in [5.41, 5.74) is 7.34. The Kier molecular flexibility index (Phi) is 11.7. The van der Waals surface area contributed by atoms with Crippen molar-refractivity contribution in [2.75, 3.05) is 34.0 Å². The molecule has 1 aromatic carbocycles. The predicted molar refractivity (Wildman–Crippen MR) is 114 cm³/mol. The van der Waals surface area contributed by atoms with E-state index in [-0.39, 0.29) is 18.4 Å². The number of aliphatic hydroxyl groups is 1. The van der Waals surface area contributed by atoms with Crippen LogP contribution in [-0.4, -0.2) is 57.1 Å². The van der Waals surface area contributed by atoms with Gasteiger partial charge in [-0.25, -0.2) is 0 Å². The van der Waals surface area contributed by atoms with Gasteiger partial charge in [0.15, 0.2) is 11.5 Å². The fraction of sp³-hybridized carbons (Fsp3) is 0.682. The molecule has 0 aromatic heterocycles. The van der Waals surface area contributed by atoms with E-state index < -0.39 is 12.1 Å². The molecule has 0 saturated carbocycles. The van der Waals surface area contributed by atoms with Crippen LogP contribution in [0.15, 0.2) is 18.2 Å². The molecule has 0 fully saturated rings. The number of nitrogens with one attached hydrogen (secondary N) is 1. The zero-order chi connectivity index (χ0) is 21.8. The maximum absolute atomic E-state index is 11.0. The number of carbonyl (C=O) groups is 1. The first-order chi connectivity index (χ1) is 13.8. The fourth-order valence-corrected chi connectivity index (χ4v) is 3.15. The van der Waals surface area contributed by atoms with Crippen molar-refractivity contribution >= 4 is 5.91 Å². The van der Waals surface area contributed by atoms with Crippen LogP contribution >= 0.6 is 0 Å². The first kappa shape index (κ1) is 25.2. The summed E-state index contributed by atoms with van der Waals surface area (Å²) in [6.45, 7) is 7.11. The van der Waals surface area contributed by atoms with Gasteiger partial charge in [-0.3, -0.25) is 4.79 Å². The second-order valence-corrected chi connectivity index (χ2v) is 7.79. The lowest BCUT2D eigenvalue weighted by molar-refractivity contribution is -0.119. The maximum Gasteiger partial charge on any atom is 0.216 e. The zero-order valence-electron chi connectivity index (χ0n) is 18.4. The Morgan fingerprint density at radius 1 is 1.21 bits per heavy atom. The lowest BCUT2D eigenvalue weighted by Gasteiger charge is -2.27. The van der Waals surface area contributed by atoms with Gasteiger partial charge in [-0.15, -0.1) is 0 Å². The third kappa shape index (κ3) is 9.47. The van der Waals surface area contributed by atoms with E-state index in [2.05, 4.69) is 19.2 Å². The van der Waals surface area contributed by atoms with E-state index in [1.807, 2.05) is 18.2 Å². The highest BCUT2D eigenvalue weighted by molar-refractivity contribution is 5.72. The fourth-order valence-electron chi connectivity index (χ4n) is 3.15. The average Bonchev–Trinajstić information content (AvgIpc) is 2.68. The molecule has 3 atom stereocenters. The number of ether oxygens (including phenoxy) is 3. The molecule has 1 amide bonds. The zero-order valence-corrected chi connectivity index (χ0v) is 18.4. The van der Waals surface area contributed by atoms with Crippen molar-refractivity contribution in [3.05, 3.63) is 23.8 Å². The average molecular weight is 411 g/mol. The Labute approximate surface area is 174 Å². The van der Waals surface area contributed by atoms with Crippen molar-refractivity contribution in [3.63, 3.8) is 0 Å². The van der Waals surface area contributed by atoms with Crippen molar-refractivity contribution in [1.29, 1.82) is 0 Å². The second-order valence-electron chi connectivity index (χ2n) is 7.79. The molecular weight excluding hydrogens is 372 g/mol. The molecule has 0 bridgehead atoms. The normalized spacial score (nSPS) is 14.3. The van der Waals surface area contributed by atoms with Crippen LogP contribution < -0.4 is 20.5 Å². The number of benzene rings is 1. The number of carbonyl (C=O) groups excluding carboxylic acids is 1. The number of rotatable bonds is 14. The summed E-state index contributed by atoms with van der Waals surface area (Å²) in [6, 6.07) is 5.57. The van der Waals surface area contributed by atoms with Gasteiger partial charge in [0.05, 0.1) is 19.8 Å². The molecule has 0 spiro atoms. The van der Waals surface area contributed by atoms with E-state index in [4.69, 9.17) is 19.9 Å². The summed E-state index contributed by atoms with van der Waals surface area (Å²) in [7, 11) is 3.30. The van der Waals surface area contributed by atoms with Crippen LogP contribution in [0.25, 0.3) is 0 Å². The van der Waals surface area contributed by atoms with Gasteiger partial charge in [0.2, 0.25) is 5.91 Å². The summed E-state index contributed by atoms with van der Waals surface area (Å²) in [6.07, 6.45) is 1.51. The largest absolute Gasteiger partial charge is 0.493 e. The van der Waals surface area contributed by atoms with Crippen molar-refractivity contribution in [1.82, 2.24) is 5.32 Å². The molecule has 0 saturated heterocycles. The summed E-state index contributed by atoms with van der Waals surface area (Å²) in [5, 5.41) is 12.8. The molecule has 3 unspecified atom stereocenters. The van der Waals surface area contributed by atoms with Gasteiger partial charge in [-0.1, -0.05) is 19.9 Å². The number of amides is 1. The molecule has 0 aliphatic heterocycles. The van der Waals surface area contributed by atoms with Crippen molar-refractivity contribution in [2.24, 2.45) is 17.6 Å². The number of aliphatic hydroxyl groups excluding tert-OH is 1. The van der Waals surface area contributed by atoms with E-state index >= 15 is 0 Å². The molecule has 0 radical (unpaired) electrons. The Bertz CT molecular complexity index is 609.